The van der Waals surface area contributed by atoms with Crippen LogP contribution in [-0.4, -0.2) is 60.6 Å². The number of anilines is 2. The summed E-state index contributed by atoms with van der Waals surface area (Å²) in [4.78, 5) is 22.8. The molecular weight excluding hydrogens is 461 g/mol. The van der Waals surface area contributed by atoms with Crippen LogP contribution in [0.1, 0.15) is 33.6 Å². The predicted molar refractivity (Wildman–Crippen MR) is 125 cm³/mol. The van der Waals surface area contributed by atoms with Crippen LogP contribution >= 0.6 is 0 Å². The molecule has 0 bridgehead atoms. The van der Waals surface area contributed by atoms with E-state index in [1.807, 2.05) is 20.8 Å². The van der Waals surface area contributed by atoms with Crippen LogP contribution < -0.4 is 10.2 Å². The highest BCUT2D eigenvalue weighted by Gasteiger charge is 2.37. The second-order valence-electron chi connectivity index (χ2n) is 9.13. The summed E-state index contributed by atoms with van der Waals surface area (Å²) < 4.78 is 45.6. The SMILES string of the molecule is CC(C)C1COC(=O)N1c1ccnc(NC(C)C2CCN(S(=O)(=O)c3ccc(F)cc3)CC2)n1. The highest BCUT2D eigenvalue weighted by atomic mass is 32.2. The summed E-state index contributed by atoms with van der Waals surface area (Å²) in [6.07, 6.45) is 2.54. The zero-order valence-corrected chi connectivity index (χ0v) is 20.3. The number of hydrogen-bond donors (Lipinski definition) is 1. The molecule has 1 aromatic carbocycles. The number of ether oxygens (including phenoxy) is 1. The number of aromatic nitrogens is 2. The number of amides is 1. The highest BCUT2D eigenvalue weighted by molar-refractivity contribution is 7.89. The maximum atomic E-state index is 13.2. The molecule has 2 unspecified atom stereocenters. The van der Waals surface area contributed by atoms with Crippen molar-refractivity contribution in [1.29, 1.82) is 0 Å². The fourth-order valence-corrected chi connectivity index (χ4v) is 5.91. The Bertz CT molecular complexity index is 1120. The second-order valence-corrected chi connectivity index (χ2v) is 11.1. The van der Waals surface area contributed by atoms with Crippen LogP contribution in [-0.2, 0) is 14.8 Å². The van der Waals surface area contributed by atoms with Crippen LogP contribution in [0.3, 0.4) is 0 Å². The lowest BCUT2D eigenvalue weighted by atomic mass is 9.91. The van der Waals surface area contributed by atoms with Crippen LogP contribution in [0, 0.1) is 17.7 Å². The van der Waals surface area contributed by atoms with Gasteiger partial charge in [0.1, 0.15) is 18.2 Å². The van der Waals surface area contributed by atoms with E-state index in [4.69, 9.17) is 4.74 Å². The number of hydrogen-bond acceptors (Lipinski definition) is 7. The molecule has 2 aromatic rings. The van der Waals surface area contributed by atoms with Gasteiger partial charge in [0.25, 0.3) is 0 Å². The van der Waals surface area contributed by atoms with E-state index < -0.39 is 21.9 Å². The van der Waals surface area contributed by atoms with Crippen molar-refractivity contribution in [3.63, 3.8) is 0 Å². The van der Waals surface area contributed by atoms with Crippen LogP contribution in [0.2, 0.25) is 0 Å². The van der Waals surface area contributed by atoms with Gasteiger partial charge in [0.05, 0.1) is 10.9 Å². The summed E-state index contributed by atoms with van der Waals surface area (Å²) in [6.45, 7) is 7.18. The number of cyclic esters (lactones) is 1. The van der Waals surface area contributed by atoms with E-state index in [2.05, 4.69) is 15.3 Å². The van der Waals surface area contributed by atoms with Gasteiger partial charge in [-0.25, -0.2) is 22.6 Å². The van der Waals surface area contributed by atoms with Gasteiger partial charge >= 0.3 is 6.09 Å². The summed E-state index contributed by atoms with van der Waals surface area (Å²) in [7, 11) is -3.65. The number of carbonyl (C=O) groups is 1. The van der Waals surface area contributed by atoms with Crippen molar-refractivity contribution < 1.29 is 22.3 Å². The van der Waals surface area contributed by atoms with Gasteiger partial charge in [0, 0.05) is 25.3 Å². The van der Waals surface area contributed by atoms with E-state index in [1.54, 1.807) is 17.2 Å². The topological polar surface area (TPSA) is 105 Å². The Morgan fingerprint density at radius 3 is 2.44 bits per heavy atom. The number of piperidine rings is 1. The Morgan fingerprint density at radius 1 is 1.12 bits per heavy atom. The number of nitrogens with zero attached hydrogens (tertiary/aromatic N) is 4. The van der Waals surface area contributed by atoms with E-state index in [0.29, 0.717) is 44.3 Å². The summed E-state index contributed by atoms with van der Waals surface area (Å²) >= 11 is 0. The molecule has 2 aliphatic rings. The molecular formula is C23H30FN5O4S. The van der Waals surface area contributed by atoms with Crippen molar-refractivity contribution >= 4 is 27.9 Å². The molecule has 0 radical (unpaired) electrons. The zero-order valence-electron chi connectivity index (χ0n) is 19.5. The van der Waals surface area contributed by atoms with Crippen molar-refractivity contribution in [2.45, 2.75) is 50.6 Å². The zero-order chi connectivity index (χ0) is 24.5. The highest BCUT2D eigenvalue weighted by Crippen LogP contribution is 2.29. The second kappa shape index (κ2) is 9.83. The first-order valence-corrected chi connectivity index (χ1v) is 12.9. The molecule has 0 spiro atoms. The molecule has 11 heteroatoms. The Kier molecular flexibility index (Phi) is 7.04. The monoisotopic (exact) mass is 491 g/mol. The number of sulfonamides is 1. The fourth-order valence-electron chi connectivity index (χ4n) is 4.44. The van der Waals surface area contributed by atoms with Gasteiger partial charge in [-0.05, 0) is 61.9 Å². The molecule has 1 aromatic heterocycles. The first-order chi connectivity index (χ1) is 16.2. The van der Waals surface area contributed by atoms with Gasteiger partial charge in [-0.3, -0.25) is 4.90 Å². The van der Waals surface area contributed by atoms with Crippen molar-refractivity contribution in [1.82, 2.24) is 14.3 Å². The lowest BCUT2D eigenvalue weighted by Gasteiger charge is -2.34. The summed E-state index contributed by atoms with van der Waals surface area (Å²) in [5.41, 5.74) is 0. The third kappa shape index (κ3) is 5.00. The predicted octanol–water partition coefficient (Wildman–Crippen LogP) is 3.50. The van der Waals surface area contributed by atoms with Gasteiger partial charge in [-0.2, -0.15) is 9.29 Å². The summed E-state index contributed by atoms with van der Waals surface area (Å²) in [5, 5.41) is 3.32. The lowest BCUT2D eigenvalue weighted by Crippen LogP contribution is -2.42. The molecule has 184 valence electrons. The third-order valence-corrected chi connectivity index (χ3v) is 8.49. The molecule has 9 nitrogen and oxygen atoms in total. The first kappa shape index (κ1) is 24.3. The molecule has 0 aliphatic carbocycles. The molecule has 2 fully saturated rings. The smallest absolute Gasteiger partial charge is 0.415 e. The van der Waals surface area contributed by atoms with Gasteiger partial charge in [-0.15, -0.1) is 0 Å². The quantitative estimate of drug-likeness (QED) is 0.632. The Morgan fingerprint density at radius 2 is 1.79 bits per heavy atom. The molecule has 3 heterocycles. The van der Waals surface area contributed by atoms with E-state index in [1.165, 1.54) is 16.4 Å². The minimum atomic E-state index is -3.65. The first-order valence-electron chi connectivity index (χ1n) is 11.5. The molecule has 34 heavy (non-hydrogen) atoms. The van der Waals surface area contributed by atoms with Crippen molar-refractivity contribution in [2.75, 3.05) is 29.9 Å². The Balaban J connectivity index is 1.38. The number of carbonyl (C=O) groups excluding carboxylic acids is 1. The Hall–Kier alpha value is -2.79. The minimum absolute atomic E-state index is 0.00245. The average molecular weight is 492 g/mol. The maximum Gasteiger partial charge on any atom is 0.415 e. The lowest BCUT2D eigenvalue weighted by molar-refractivity contribution is 0.177. The Labute approximate surface area is 199 Å². The van der Waals surface area contributed by atoms with Crippen LogP contribution in [0.5, 0.6) is 0 Å². The molecule has 1 amide bonds. The van der Waals surface area contributed by atoms with Gasteiger partial charge in [0.2, 0.25) is 16.0 Å². The third-order valence-electron chi connectivity index (χ3n) is 6.58. The fraction of sp³-hybridized carbons (Fsp3) is 0.522. The molecule has 2 saturated heterocycles. The average Bonchev–Trinajstić information content (AvgIpc) is 3.21. The van der Waals surface area contributed by atoms with E-state index >= 15 is 0 Å². The molecule has 0 saturated carbocycles. The number of rotatable bonds is 7. The normalized spacial score (nSPS) is 21.0. The van der Waals surface area contributed by atoms with Crippen molar-refractivity contribution in [3.8, 4) is 0 Å². The van der Waals surface area contributed by atoms with E-state index in [0.717, 1.165) is 12.1 Å². The van der Waals surface area contributed by atoms with Crippen molar-refractivity contribution in [2.24, 2.45) is 11.8 Å². The van der Waals surface area contributed by atoms with Crippen LogP contribution in [0.25, 0.3) is 0 Å². The van der Waals surface area contributed by atoms with E-state index in [-0.39, 0.29) is 28.8 Å². The molecule has 1 N–H and O–H groups in total. The molecule has 2 atom stereocenters. The van der Waals surface area contributed by atoms with Crippen LogP contribution in [0.4, 0.5) is 21.0 Å². The molecule has 4 rings (SSSR count). The minimum Gasteiger partial charge on any atom is -0.447 e. The summed E-state index contributed by atoms with van der Waals surface area (Å²) in [6, 6.07) is 6.51. The van der Waals surface area contributed by atoms with Crippen LogP contribution in [0.15, 0.2) is 41.4 Å². The van der Waals surface area contributed by atoms with Crippen molar-refractivity contribution in [3.05, 3.63) is 42.3 Å². The number of halogens is 1. The largest absolute Gasteiger partial charge is 0.447 e. The standard InChI is InChI=1S/C23H30FN5O4S/c1-15(2)20-14-33-23(30)29(20)21-8-11-25-22(27-21)26-16(3)17-9-12-28(13-10-17)34(31,32)19-6-4-18(24)5-7-19/h4-8,11,15-17,20H,9-10,12-14H2,1-3H3,(H,25,26,27). The number of nitrogens with one attached hydrogen (secondary N) is 1. The number of benzene rings is 1. The maximum absolute atomic E-state index is 13.2. The van der Waals surface area contributed by atoms with Gasteiger partial charge in [-0.1, -0.05) is 13.8 Å². The van der Waals surface area contributed by atoms with E-state index in [9.17, 15) is 17.6 Å². The van der Waals surface area contributed by atoms with Gasteiger partial charge in [0.15, 0.2) is 0 Å². The van der Waals surface area contributed by atoms with Gasteiger partial charge < -0.3 is 10.1 Å². The summed E-state index contributed by atoms with van der Waals surface area (Å²) in [5.74, 6) is 0.866. The molecule has 2 aliphatic heterocycles.